The summed E-state index contributed by atoms with van der Waals surface area (Å²) in [5.41, 5.74) is 15.5. The molecular weight excluding hydrogens is 773 g/mol. The maximum atomic E-state index is 6.01. The first-order valence-electron chi connectivity index (χ1n) is 15.8. The monoisotopic (exact) mass is 802 g/mol. The van der Waals surface area contributed by atoms with Gasteiger partial charge in [-0.3, -0.25) is 8.80 Å². The van der Waals surface area contributed by atoms with E-state index >= 15 is 0 Å². The van der Waals surface area contributed by atoms with E-state index in [1.807, 2.05) is 60.7 Å². The Kier molecular flexibility index (Phi) is 11.9. The molecule has 2 aromatic carbocycles. The summed E-state index contributed by atoms with van der Waals surface area (Å²) in [6.45, 7) is 0. The number of benzene rings is 2. The number of hydrogen-bond acceptors (Lipinski definition) is 14. The first-order chi connectivity index (χ1) is 26.3. The molecule has 18 heteroatoms. The Labute approximate surface area is 323 Å². The molecule has 1 radical (unpaired) electrons. The number of hydrogen-bond donors (Lipinski definition) is 3. The first kappa shape index (κ1) is 37.2. The predicted molar refractivity (Wildman–Crippen MR) is 212 cm³/mol. The van der Waals surface area contributed by atoms with Crippen LogP contribution in [0.5, 0.6) is 34.8 Å². The van der Waals surface area contributed by atoms with Gasteiger partial charge in [-0.15, -0.1) is 0 Å². The van der Waals surface area contributed by atoms with Crippen LogP contribution >= 0.6 is 28.7 Å². The molecule has 0 aliphatic rings. The van der Waals surface area contributed by atoms with Crippen molar-refractivity contribution >= 4 is 59.3 Å². The van der Waals surface area contributed by atoms with Gasteiger partial charge in [0.25, 0.3) is 0 Å². The molecule has 54 heavy (non-hydrogen) atoms. The number of imidazole rings is 2. The summed E-state index contributed by atoms with van der Waals surface area (Å²) < 4.78 is 28.9. The van der Waals surface area contributed by atoms with Crippen molar-refractivity contribution in [3.05, 3.63) is 121 Å². The molecule has 0 saturated carbocycles. The van der Waals surface area contributed by atoms with Gasteiger partial charge in [-0.25, -0.2) is 29.9 Å². The number of nitrogens with zero attached hydrogens (tertiary/aromatic N) is 9. The van der Waals surface area contributed by atoms with Gasteiger partial charge in [-0.05, 0) is 88.7 Å². The fraction of sp³-hybridized carbons (Fsp3) is 0.0556. The molecule has 0 saturated heterocycles. The second-order valence-corrected chi connectivity index (χ2v) is 11.8. The van der Waals surface area contributed by atoms with Gasteiger partial charge < -0.3 is 30.4 Å². The molecule has 0 aliphatic heterocycles. The van der Waals surface area contributed by atoms with Crippen molar-refractivity contribution in [3.8, 4) is 57.5 Å². The molecular formula is C36H30BBrN11O4S. The zero-order valence-corrected chi connectivity index (χ0v) is 31.2. The second kappa shape index (κ2) is 17.3. The molecule has 0 amide bonds. The molecule has 6 heterocycles. The van der Waals surface area contributed by atoms with Gasteiger partial charge in [0.1, 0.15) is 39.3 Å². The minimum absolute atomic E-state index is 0.372. The van der Waals surface area contributed by atoms with Gasteiger partial charge >= 0.3 is 24.8 Å². The van der Waals surface area contributed by atoms with E-state index in [-0.39, 0.29) is 0 Å². The van der Waals surface area contributed by atoms with Crippen LogP contribution in [0.1, 0.15) is 0 Å². The molecule has 0 spiro atoms. The summed E-state index contributed by atoms with van der Waals surface area (Å²) in [6, 6.07) is 25.7. The second-order valence-electron chi connectivity index (χ2n) is 10.8. The van der Waals surface area contributed by atoms with E-state index in [1.165, 1.54) is 0 Å². The zero-order chi connectivity index (χ0) is 38.0. The van der Waals surface area contributed by atoms with Crippen LogP contribution in [0.15, 0.2) is 125 Å². The van der Waals surface area contributed by atoms with Crippen molar-refractivity contribution in [1.82, 2.24) is 38.7 Å². The quantitative estimate of drug-likeness (QED) is 0.103. The number of ether oxygens (including phenoxy) is 4. The molecule has 0 bridgehead atoms. The summed E-state index contributed by atoms with van der Waals surface area (Å²) in [6.07, 6.45) is 8.34. The van der Waals surface area contributed by atoms with Gasteiger partial charge in [-0.2, -0.15) is 0 Å². The van der Waals surface area contributed by atoms with Crippen molar-refractivity contribution in [1.29, 1.82) is 0 Å². The Morgan fingerprint density at radius 2 is 1.11 bits per heavy atom. The third kappa shape index (κ3) is 8.57. The Bertz CT molecular complexity index is 2520. The molecule has 15 nitrogen and oxygen atoms in total. The number of rotatable bonds is 8. The summed E-state index contributed by atoms with van der Waals surface area (Å²) >= 11 is 6.65. The van der Waals surface area contributed by atoms with Crippen LogP contribution < -0.4 is 30.4 Å². The van der Waals surface area contributed by atoms with E-state index < -0.39 is 0 Å². The van der Waals surface area contributed by atoms with Gasteiger partial charge in [0.05, 0.1) is 31.4 Å². The van der Waals surface area contributed by atoms with Gasteiger partial charge in [-0.1, -0.05) is 0 Å². The summed E-state index contributed by atoms with van der Waals surface area (Å²) in [4.78, 5) is 25.6. The number of nitrogens with two attached hydrogens (primary N) is 2. The molecule has 4 N–H and O–H groups in total. The van der Waals surface area contributed by atoms with E-state index in [4.69, 9.17) is 30.4 Å². The summed E-state index contributed by atoms with van der Waals surface area (Å²) in [5.74, 6) is 5.80. The Morgan fingerprint density at radius 3 is 1.65 bits per heavy atom. The number of halogens is 1. The van der Waals surface area contributed by atoms with Crippen LogP contribution in [0.4, 0.5) is 11.9 Å². The first-order valence-corrected chi connectivity index (χ1v) is 17.0. The average Bonchev–Trinajstić information content (AvgIpc) is 3.79. The molecule has 0 aliphatic carbocycles. The fourth-order valence-electron chi connectivity index (χ4n) is 5.13. The van der Waals surface area contributed by atoms with Crippen molar-refractivity contribution in [3.63, 3.8) is 0 Å². The number of nitrogen functional groups attached to an aromatic ring is 2. The SMILES string of the molecule is COc1ccnc(Oc2ccc(-c3nc(Br)c4ccnc(N)n34)cc2)c1.COc1ccnc(Oc2ccc(-c3ncc4ccnc(N)n34)cc2)c1.[B]=NS. The molecule has 8 rings (SSSR count). The van der Waals surface area contributed by atoms with Crippen molar-refractivity contribution in [2.24, 2.45) is 4.30 Å². The van der Waals surface area contributed by atoms with E-state index in [0.29, 0.717) is 57.1 Å². The fourth-order valence-corrected chi connectivity index (χ4v) is 5.60. The number of fused-ring (bicyclic) bond motifs is 2. The van der Waals surface area contributed by atoms with Crippen LogP contribution in [0.3, 0.4) is 0 Å². The molecule has 0 fully saturated rings. The average molecular weight is 803 g/mol. The van der Waals surface area contributed by atoms with Gasteiger partial charge in [0.15, 0.2) is 0 Å². The van der Waals surface area contributed by atoms with Crippen LogP contribution in [0.25, 0.3) is 33.8 Å². The summed E-state index contributed by atoms with van der Waals surface area (Å²) in [5, 5.41) is 0. The maximum absolute atomic E-state index is 6.01. The van der Waals surface area contributed by atoms with E-state index in [2.05, 4.69) is 70.6 Å². The molecule has 269 valence electrons. The number of aromatic nitrogens is 8. The van der Waals surface area contributed by atoms with Crippen LogP contribution in [0, 0.1) is 0 Å². The standard InChI is InChI=1S/C18H14BrN5O2.C18H15N5O2.BHNS/c1-25-13-6-8-21-15(10-13)26-12-4-2-11(3-5-12)17-23-16(19)14-7-9-22-18(20)24(14)17;1-24-15-7-9-20-16(10-15)25-14-4-2-12(3-5-14)17-22-11-13-6-8-21-18(19)23(13)17;1-2-3/h2-10H,1H3,(H2,20,22);2-11H,1H3,(H2,19,21);3H. The van der Waals surface area contributed by atoms with Crippen molar-refractivity contribution < 1.29 is 18.9 Å². The zero-order valence-electron chi connectivity index (χ0n) is 28.7. The van der Waals surface area contributed by atoms with Crippen molar-refractivity contribution in [2.75, 3.05) is 25.7 Å². The van der Waals surface area contributed by atoms with Crippen LogP contribution in [-0.4, -0.2) is 60.6 Å². The van der Waals surface area contributed by atoms with E-state index in [1.54, 1.807) is 78.3 Å². The number of anilines is 2. The number of methoxy groups -OCH3 is 2. The Hall–Kier alpha value is -6.53. The minimum atomic E-state index is 0.372. The van der Waals surface area contributed by atoms with E-state index in [0.717, 1.165) is 28.0 Å². The van der Waals surface area contributed by atoms with Crippen molar-refractivity contribution in [2.45, 2.75) is 0 Å². The third-order valence-corrected chi connectivity index (χ3v) is 8.14. The van der Waals surface area contributed by atoms with Gasteiger partial charge in [0.2, 0.25) is 23.7 Å². The molecule has 0 unspecified atom stereocenters. The molecule has 8 aromatic rings. The van der Waals surface area contributed by atoms with E-state index in [9.17, 15) is 0 Å². The predicted octanol–water partition coefficient (Wildman–Crippen LogP) is 7.29. The Morgan fingerprint density at radius 1 is 0.630 bits per heavy atom. The molecule has 0 atom stereocenters. The van der Waals surface area contributed by atoms with Crippen LogP contribution in [0.2, 0.25) is 0 Å². The Balaban J connectivity index is 0.000000172. The number of thiol groups is 1. The normalized spacial score (nSPS) is 10.4. The summed E-state index contributed by atoms with van der Waals surface area (Å²) in [7, 11) is 7.54. The third-order valence-electron chi connectivity index (χ3n) is 7.56. The number of pyridine rings is 2. The van der Waals surface area contributed by atoms with Gasteiger partial charge in [0, 0.05) is 48.0 Å². The van der Waals surface area contributed by atoms with Crippen LogP contribution in [-0.2, 0) is 0 Å². The molecule has 6 aromatic heterocycles. The topological polar surface area (TPSA) is 187 Å².